The number of nitrogens with two attached hydrogens (primary N) is 1. The number of rotatable bonds is 3. The van der Waals surface area contributed by atoms with E-state index >= 15 is 0 Å². The maximum Gasteiger partial charge on any atom is 0.419 e. The highest BCUT2D eigenvalue weighted by Gasteiger charge is 2.35. The van der Waals surface area contributed by atoms with Crippen molar-refractivity contribution in [3.63, 3.8) is 0 Å². The van der Waals surface area contributed by atoms with Gasteiger partial charge in [0, 0.05) is 17.9 Å². The molecule has 0 spiro atoms. The van der Waals surface area contributed by atoms with Crippen molar-refractivity contribution in [2.75, 3.05) is 0 Å². The van der Waals surface area contributed by atoms with Gasteiger partial charge in [0.25, 0.3) is 0 Å². The minimum Gasteiger partial charge on any atom is -0.424 e. The quantitative estimate of drug-likeness (QED) is 0.943. The molecule has 7 heteroatoms. The van der Waals surface area contributed by atoms with E-state index in [4.69, 9.17) is 10.5 Å². The maximum absolute atomic E-state index is 13.1. The summed E-state index contributed by atoms with van der Waals surface area (Å²) < 4.78 is 44.4. The summed E-state index contributed by atoms with van der Waals surface area (Å²) in [7, 11) is 0. The smallest absolute Gasteiger partial charge is 0.419 e. The Labute approximate surface area is 119 Å². The number of hydrogen-bond donors (Lipinski definition) is 1. The molecule has 0 aliphatic rings. The van der Waals surface area contributed by atoms with Crippen molar-refractivity contribution in [3.8, 4) is 11.8 Å². The molecule has 1 aromatic carbocycles. The summed E-state index contributed by atoms with van der Waals surface area (Å²) in [5.74, 6) is -0.343. The molecule has 0 fully saturated rings. The van der Waals surface area contributed by atoms with Gasteiger partial charge < -0.3 is 10.5 Å². The van der Waals surface area contributed by atoms with Crippen LogP contribution in [0.15, 0.2) is 24.3 Å². The normalized spacial score (nSPS) is 11.5. The molecule has 0 aliphatic carbocycles. The highest BCUT2D eigenvalue weighted by molar-refractivity contribution is 5.40. The second-order valence-corrected chi connectivity index (χ2v) is 4.57. The molecule has 1 aromatic heterocycles. The van der Waals surface area contributed by atoms with Gasteiger partial charge in [-0.3, -0.25) is 0 Å². The van der Waals surface area contributed by atoms with Crippen molar-refractivity contribution in [1.29, 1.82) is 0 Å². The molecule has 0 unspecified atom stereocenters. The fraction of sp³-hybridized carbons (Fsp3) is 0.286. The number of hydrogen-bond acceptors (Lipinski definition) is 4. The van der Waals surface area contributed by atoms with E-state index in [0.717, 1.165) is 6.07 Å². The molecule has 2 aromatic rings. The minimum atomic E-state index is -4.54. The molecule has 0 amide bonds. The van der Waals surface area contributed by atoms with Crippen molar-refractivity contribution >= 4 is 0 Å². The number of aromatic nitrogens is 2. The van der Waals surface area contributed by atoms with E-state index < -0.39 is 11.7 Å². The molecule has 0 saturated carbocycles. The number of nitrogens with zero attached hydrogens (tertiary/aromatic N) is 2. The lowest BCUT2D eigenvalue weighted by atomic mass is 10.1. The van der Waals surface area contributed by atoms with Crippen LogP contribution in [0.25, 0.3) is 0 Å². The first-order chi connectivity index (χ1) is 9.79. The van der Waals surface area contributed by atoms with Gasteiger partial charge in [-0.05, 0) is 37.6 Å². The standard InChI is InChI=1S/C14H14F3N3O/c1-8-5-9(2)20-13(19-8)21-12-4-3-10(7-18)6-11(12)14(15,16)17/h3-6H,7,18H2,1-2H3. The number of ether oxygens (including phenoxy) is 1. The lowest BCUT2D eigenvalue weighted by Gasteiger charge is -2.14. The zero-order valence-corrected chi connectivity index (χ0v) is 11.5. The molecule has 1 heterocycles. The van der Waals surface area contributed by atoms with Gasteiger partial charge in [0.15, 0.2) is 0 Å². The molecule has 2 N–H and O–H groups in total. The van der Waals surface area contributed by atoms with Crippen LogP contribution < -0.4 is 10.5 Å². The van der Waals surface area contributed by atoms with Crippen LogP contribution in [0.4, 0.5) is 13.2 Å². The predicted octanol–water partition coefficient (Wildman–Crippen LogP) is 3.36. The van der Waals surface area contributed by atoms with Crippen LogP contribution in [-0.4, -0.2) is 9.97 Å². The fourth-order valence-electron chi connectivity index (χ4n) is 1.85. The molecule has 0 aliphatic heterocycles. The first-order valence-electron chi connectivity index (χ1n) is 6.20. The lowest BCUT2D eigenvalue weighted by molar-refractivity contribution is -0.138. The van der Waals surface area contributed by atoms with Crippen LogP contribution in [-0.2, 0) is 12.7 Å². The average molecular weight is 297 g/mol. The highest BCUT2D eigenvalue weighted by atomic mass is 19.4. The van der Waals surface area contributed by atoms with Gasteiger partial charge in [-0.2, -0.15) is 13.2 Å². The fourth-order valence-corrected chi connectivity index (χ4v) is 1.85. The third kappa shape index (κ3) is 3.69. The van der Waals surface area contributed by atoms with Crippen molar-refractivity contribution in [1.82, 2.24) is 9.97 Å². The van der Waals surface area contributed by atoms with E-state index in [1.807, 2.05) is 0 Å². The topological polar surface area (TPSA) is 61.0 Å². The summed E-state index contributed by atoms with van der Waals surface area (Å²) in [5, 5.41) is 0. The van der Waals surface area contributed by atoms with Gasteiger partial charge in [0.05, 0.1) is 5.56 Å². The molecule has 4 nitrogen and oxygen atoms in total. The number of alkyl halides is 3. The number of benzene rings is 1. The minimum absolute atomic E-state index is 0.0173. The van der Waals surface area contributed by atoms with Crippen LogP contribution in [0.1, 0.15) is 22.5 Å². The summed E-state index contributed by atoms with van der Waals surface area (Å²) in [6.07, 6.45) is -4.54. The molecule has 0 saturated heterocycles. The molecule has 0 atom stereocenters. The van der Waals surface area contributed by atoms with Crippen LogP contribution in [0.5, 0.6) is 11.8 Å². The summed E-state index contributed by atoms with van der Waals surface area (Å²) in [4.78, 5) is 7.94. The Morgan fingerprint density at radius 2 is 1.71 bits per heavy atom. The summed E-state index contributed by atoms with van der Waals surface area (Å²) in [6.45, 7) is 3.44. The first-order valence-corrected chi connectivity index (χ1v) is 6.20. The zero-order valence-electron chi connectivity index (χ0n) is 11.5. The molecule has 0 bridgehead atoms. The number of aryl methyl sites for hydroxylation is 2. The summed E-state index contributed by atoms with van der Waals surface area (Å²) >= 11 is 0. The van der Waals surface area contributed by atoms with Crippen molar-refractivity contribution < 1.29 is 17.9 Å². The lowest BCUT2D eigenvalue weighted by Crippen LogP contribution is -2.10. The van der Waals surface area contributed by atoms with Gasteiger partial charge in [0.2, 0.25) is 0 Å². The third-order valence-electron chi connectivity index (χ3n) is 2.75. The largest absolute Gasteiger partial charge is 0.424 e. The number of halogens is 3. The average Bonchev–Trinajstić information content (AvgIpc) is 2.36. The van der Waals surface area contributed by atoms with E-state index in [2.05, 4.69) is 9.97 Å². The SMILES string of the molecule is Cc1cc(C)nc(Oc2ccc(CN)cc2C(F)(F)F)n1. The van der Waals surface area contributed by atoms with Crippen LogP contribution in [0.2, 0.25) is 0 Å². The van der Waals surface area contributed by atoms with Crippen molar-refractivity contribution in [2.24, 2.45) is 5.73 Å². The summed E-state index contributed by atoms with van der Waals surface area (Å²) in [6, 6.07) is 5.27. The first kappa shape index (κ1) is 15.2. The third-order valence-corrected chi connectivity index (χ3v) is 2.75. The van der Waals surface area contributed by atoms with Crippen LogP contribution in [0.3, 0.4) is 0 Å². The van der Waals surface area contributed by atoms with Gasteiger partial charge >= 0.3 is 12.2 Å². The van der Waals surface area contributed by atoms with Crippen molar-refractivity contribution in [2.45, 2.75) is 26.6 Å². The summed E-state index contributed by atoms with van der Waals surface area (Å²) in [5.41, 5.74) is 6.08. The van der Waals surface area contributed by atoms with E-state index in [1.165, 1.54) is 12.1 Å². The Morgan fingerprint density at radius 3 is 2.24 bits per heavy atom. The van der Waals surface area contributed by atoms with Gasteiger partial charge in [-0.25, -0.2) is 9.97 Å². The Bertz CT molecular complexity index is 636. The Balaban J connectivity index is 2.43. The van der Waals surface area contributed by atoms with E-state index in [1.54, 1.807) is 19.9 Å². The molecule has 21 heavy (non-hydrogen) atoms. The zero-order chi connectivity index (χ0) is 15.6. The molecule has 2 rings (SSSR count). The molecular formula is C14H14F3N3O. The van der Waals surface area contributed by atoms with Gasteiger partial charge in [-0.1, -0.05) is 6.07 Å². The van der Waals surface area contributed by atoms with Gasteiger partial charge in [-0.15, -0.1) is 0 Å². The monoisotopic (exact) mass is 297 g/mol. The molecule has 112 valence electrons. The van der Waals surface area contributed by atoms with E-state index in [0.29, 0.717) is 17.0 Å². The highest BCUT2D eigenvalue weighted by Crippen LogP contribution is 2.38. The second kappa shape index (κ2) is 5.69. The maximum atomic E-state index is 13.1. The second-order valence-electron chi connectivity index (χ2n) is 4.57. The Kier molecular flexibility index (Phi) is 4.13. The van der Waals surface area contributed by atoms with Crippen LogP contribution in [0, 0.1) is 13.8 Å². The Morgan fingerprint density at radius 1 is 1.10 bits per heavy atom. The molecular weight excluding hydrogens is 283 g/mol. The van der Waals surface area contributed by atoms with Crippen molar-refractivity contribution in [3.05, 3.63) is 46.8 Å². The van der Waals surface area contributed by atoms with Gasteiger partial charge in [0.1, 0.15) is 5.75 Å². The van der Waals surface area contributed by atoms with Crippen LogP contribution >= 0.6 is 0 Å². The molecule has 0 radical (unpaired) electrons. The van der Waals surface area contributed by atoms with E-state index in [-0.39, 0.29) is 18.3 Å². The predicted molar refractivity (Wildman–Crippen MR) is 70.9 cm³/mol. The van der Waals surface area contributed by atoms with E-state index in [9.17, 15) is 13.2 Å². The Hall–Kier alpha value is -2.15.